The molecule has 2 aromatic rings. The zero-order valence-corrected chi connectivity index (χ0v) is 14.7. The van der Waals surface area contributed by atoms with Crippen LogP contribution in [0, 0.1) is 0 Å². The van der Waals surface area contributed by atoms with E-state index in [-0.39, 0.29) is 5.92 Å². The lowest BCUT2D eigenvalue weighted by atomic mass is 9.99. The van der Waals surface area contributed by atoms with Crippen LogP contribution in [-0.4, -0.2) is 47.2 Å². The lowest BCUT2D eigenvalue weighted by Gasteiger charge is -2.31. The molecule has 130 valence electrons. The van der Waals surface area contributed by atoms with Crippen molar-refractivity contribution < 1.29 is 13.2 Å². The maximum absolute atomic E-state index is 12.9. The van der Waals surface area contributed by atoms with Crippen LogP contribution < -0.4 is 4.74 Å². The number of aromatic nitrogens is 3. The predicted molar refractivity (Wildman–Crippen MR) is 89.3 cm³/mol. The van der Waals surface area contributed by atoms with E-state index in [2.05, 4.69) is 10.2 Å². The van der Waals surface area contributed by atoms with Crippen molar-refractivity contribution in [3.05, 3.63) is 36.4 Å². The van der Waals surface area contributed by atoms with Gasteiger partial charge < -0.3 is 9.30 Å². The Labute approximate surface area is 142 Å². The van der Waals surface area contributed by atoms with Crippen molar-refractivity contribution in [2.45, 2.75) is 30.6 Å². The summed E-state index contributed by atoms with van der Waals surface area (Å²) in [5.74, 6) is 1.58. The summed E-state index contributed by atoms with van der Waals surface area (Å²) >= 11 is 0. The first-order valence-corrected chi connectivity index (χ1v) is 9.53. The number of piperidine rings is 1. The van der Waals surface area contributed by atoms with E-state index >= 15 is 0 Å². The highest BCUT2D eigenvalue weighted by Gasteiger charge is 2.32. The Morgan fingerprint density at radius 3 is 2.67 bits per heavy atom. The number of hydrogen-bond acceptors (Lipinski definition) is 5. The molecular weight excluding hydrogens is 328 g/mol. The second kappa shape index (κ2) is 6.90. The zero-order valence-electron chi connectivity index (χ0n) is 13.9. The van der Waals surface area contributed by atoms with Crippen LogP contribution in [0.15, 0.2) is 35.5 Å². The average Bonchev–Trinajstić information content (AvgIpc) is 3.02. The van der Waals surface area contributed by atoms with Crippen LogP contribution in [-0.2, 0) is 17.1 Å². The van der Waals surface area contributed by atoms with Crippen molar-refractivity contribution in [1.29, 1.82) is 0 Å². The van der Waals surface area contributed by atoms with Crippen LogP contribution in [0.3, 0.4) is 0 Å². The molecule has 0 bridgehead atoms. The van der Waals surface area contributed by atoms with Gasteiger partial charge in [-0.3, -0.25) is 0 Å². The Balaban J connectivity index is 1.80. The third-order valence-electron chi connectivity index (χ3n) is 4.27. The Hall–Kier alpha value is -1.93. The maximum Gasteiger partial charge on any atom is 0.243 e. The van der Waals surface area contributed by atoms with Gasteiger partial charge in [-0.25, -0.2) is 8.42 Å². The smallest absolute Gasteiger partial charge is 0.243 e. The van der Waals surface area contributed by atoms with Crippen molar-refractivity contribution in [3.63, 3.8) is 0 Å². The van der Waals surface area contributed by atoms with E-state index in [0.717, 1.165) is 18.7 Å². The minimum Gasteiger partial charge on any atom is -0.494 e. The average molecular weight is 350 g/mol. The second-order valence-corrected chi connectivity index (χ2v) is 7.84. The van der Waals surface area contributed by atoms with Gasteiger partial charge in [-0.1, -0.05) is 0 Å². The van der Waals surface area contributed by atoms with E-state index < -0.39 is 10.0 Å². The molecule has 24 heavy (non-hydrogen) atoms. The lowest BCUT2D eigenvalue weighted by Crippen LogP contribution is -2.39. The van der Waals surface area contributed by atoms with Gasteiger partial charge in [0, 0.05) is 26.1 Å². The summed E-state index contributed by atoms with van der Waals surface area (Å²) in [5.41, 5.74) is 0. The molecule has 0 amide bonds. The quantitative estimate of drug-likeness (QED) is 0.821. The molecule has 1 aliphatic heterocycles. The molecule has 3 rings (SSSR count). The molecule has 8 heteroatoms. The molecule has 0 aliphatic carbocycles. The van der Waals surface area contributed by atoms with Gasteiger partial charge >= 0.3 is 0 Å². The van der Waals surface area contributed by atoms with Crippen molar-refractivity contribution in [2.75, 3.05) is 19.7 Å². The standard InChI is InChI=1S/C16H22N4O3S/c1-3-23-14-6-8-15(9-7-14)24(21,22)20-10-4-5-13(11-20)16-18-17-12-19(16)2/h6-9,12-13H,3-5,10-11H2,1-2H3. The fraction of sp³-hybridized carbons (Fsp3) is 0.500. The molecule has 1 aromatic heterocycles. The SMILES string of the molecule is CCOc1ccc(S(=O)(=O)N2CCCC(c3nncn3C)C2)cc1. The number of ether oxygens (including phenoxy) is 1. The fourth-order valence-electron chi connectivity index (χ4n) is 3.06. The van der Waals surface area contributed by atoms with Crippen molar-refractivity contribution in [1.82, 2.24) is 19.1 Å². The minimum absolute atomic E-state index is 0.0729. The van der Waals surface area contributed by atoms with E-state index in [0.29, 0.717) is 30.3 Å². The molecule has 1 aliphatic rings. The van der Waals surface area contributed by atoms with E-state index in [1.54, 1.807) is 34.9 Å². The molecule has 0 radical (unpaired) electrons. The monoisotopic (exact) mass is 350 g/mol. The van der Waals surface area contributed by atoms with Crippen LogP contribution in [0.2, 0.25) is 0 Å². The maximum atomic E-state index is 12.9. The van der Waals surface area contributed by atoms with Gasteiger partial charge in [-0.05, 0) is 44.0 Å². The molecular formula is C16H22N4O3S. The summed E-state index contributed by atoms with van der Waals surface area (Å²) in [6.45, 7) is 3.41. The second-order valence-electron chi connectivity index (χ2n) is 5.91. The van der Waals surface area contributed by atoms with Crippen LogP contribution in [0.5, 0.6) is 5.75 Å². The largest absolute Gasteiger partial charge is 0.494 e. The highest BCUT2D eigenvalue weighted by atomic mass is 32.2. The van der Waals surface area contributed by atoms with E-state index in [9.17, 15) is 8.42 Å². The lowest BCUT2D eigenvalue weighted by molar-refractivity contribution is 0.306. The van der Waals surface area contributed by atoms with Crippen LogP contribution >= 0.6 is 0 Å². The molecule has 2 heterocycles. The first kappa shape index (κ1) is 16.9. The Morgan fingerprint density at radius 2 is 2.04 bits per heavy atom. The molecule has 1 saturated heterocycles. The molecule has 1 atom stereocenters. The van der Waals surface area contributed by atoms with Gasteiger partial charge in [0.05, 0.1) is 11.5 Å². The highest BCUT2D eigenvalue weighted by Crippen LogP contribution is 2.29. The summed E-state index contributed by atoms with van der Waals surface area (Å²) in [4.78, 5) is 0.296. The van der Waals surface area contributed by atoms with Gasteiger partial charge in [0.1, 0.15) is 17.9 Å². The number of rotatable bonds is 5. The third-order valence-corrected chi connectivity index (χ3v) is 6.15. The number of benzene rings is 1. The number of sulfonamides is 1. The minimum atomic E-state index is -3.51. The summed E-state index contributed by atoms with van der Waals surface area (Å²) < 4.78 is 34.6. The Kier molecular flexibility index (Phi) is 4.86. The van der Waals surface area contributed by atoms with E-state index in [1.807, 2.05) is 18.5 Å². The van der Waals surface area contributed by atoms with Gasteiger partial charge in [-0.15, -0.1) is 10.2 Å². The summed E-state index contributed by atoms with van der Waals surface area (Å²) in [5, 5.41) is 8.04. The fourth-order valence-corrected chi connectivity index (χ4v) is 4.58. The molecule has 1 unspecified atom stereocenters. The van der Waals surface area contributed by atoms with Crippen LogP contribution in [0.25, 0.3) is 0 Å². The van der Waals surface area contributed by atoms with E-state index in [4.69, 9.17) is 4.74 Å². The van der Waals surface area contributed by atoms with Gasteiger partial charge in [0.25, 0.3) is 0 Å². The normalized spacial score (nSPS) is 19.3. The third kappa shape index (κ3) is 3.29. The number of aryl methyl sites for hydroxylation is 1. The first-order chi connectivity index (χ1) is 11.5. The first-order valence-electron chi connectivity index (χ1n) is 8.09. The van der Waals surface area contributed by atoms with Crippen LogP contribution in [0.4, 0.5) is 0 Å². The topological polar surface area (TPSA) is 77.3 Å². The Morgan fingerprint density at radius 1 is 1.29 bits per heavy atom. The van der Waals surface area contributed by atoms with Gasteiger partial charge in [0.15, 0.2) is 0 Å². The summed E-state index contributed by atoms with van der Waals surface area (Å²) in [6, 6.07) is 6.60. The van der Waals surface area contributed by atoms with Crippen molar-refractivity contribution >= 4 is 10.0 Å². The Bertz CT molecular complexity index is 786. The molecule has 1 fully saturated rings. The van der Waals surface area contributed by atoms with E-state index in [1.165, 1.54) is 0 Å². The van der Waals surface area contributed by atoms with Gasteiger partial charge in [0.2, 0.25) is 10.0 Å². The summed E-state index contributed by atoms with van der Waals surface area (Å²) in [7, 11) is -1.63. The van der Waals surface area contributed by atoms with Crippen LogP contribution in [0.1, 0.15) is 31.5 Å². The van der Waals surface area contributed by atoms with Crippen molar-refractivity contribution in [2.24, 2.45) is 7.05 Å². The number of nitrogens with zero attached hydrogens (tertiary/aromatic N) is 4. The van der Waals surface area contributed by atoms with Crippen molar-refractivity contribution in [3.8, 4) is 5.75 Å². The van der Waals surface area contributed by atoms with Gasteiger partial charge in [-0.2, -0.15) is 4.31 Å². The molecule has 0 N–H and O–H groups in total. The summed E-state index contributed by atoms with van der Waals surface area (Å²) in [6.07, 6.45) is 3.38. The molecule has 1 aromatic carbocycles. The molecule has 0 spiro atoms. The zero-order chi connectivity index (χ0) is 17.2. The number of hydrogen-bond donors (Lipinski definition) is 0. The highest BCUT2D eigenvalue weighted by molar-refractivity contribution is 7.89. The predicted octanol–water partition coefficient (Wildman–Crippen LogP) is 1.78. The molecule has 7 nitrogen and oxygen atoms in total. The molecule has 0 saturated carbocycles.